The maximum Gasteiger partial charge on any atom is 0.335 e. The molecule has 0 aliphatic rings. The summed E-state index contributed by atoms with van der Waals surface area (Å²) in [6.07, 6.45) is 0. The third-order valence-electron chi connectivity index (χ3n) is 3.01. The molecule has 2 aromatic carbocycles. The zero-order valence-electron chi connectivity index (χ0n) is 10.6. The molecule has 0 atom stereocenters. The van der Waals surface area contributed by atoms with Crippen LogP contribution in [-0.4, -0.2) is 21.0 Å². The Kier molecular flexibility index (Phi) is 3.09. The van der Waals surface area contributed by atoms with E-state index in [1.54, 1.807) is 18.2 Å². The molecule has 0 bridgehead atoms. The molecule has 1 aromatic heterocycles. The number of hydrogen-bond donors (Lipinski definition) is 3. The molecule has 0 amide bonds. The summed E-state index contributed by atoms with van der Waals surface area (Å²) in [4.78, 5) is 18.6. The molecule has 0 unspecified atom stereocenters. The molecule has 0 radical (unpaired) electrons. The number of rotatable bonds is 4. The third kappa shape index (κ3) is 2.47. The highest BCUT2D eigenvalue weighted by Crippen LogP contribution is 2.14. The number of imidazole rings is 1. The first-order chi connectivity index (χ1) is 9.72. The minimum atomic E-state index is -0.933. The van der Waals surface area contributed by atoms with Crippen molar-refractivity contribution in [3.63, 3.8) is 0 Å². The van der Waals surface area contributed by atoms with Gasteiger partial charge in [-0.3, -0.25) is 0 Å². The van der Waals surface area contributed by atoms with Gasteiger partial charge in [-0.05, 0) is 30.3 Å². The number of aromatic amines is 1. The number of H-pyrrole nitrogens is 1. The SMILES string of the molecule is O=C(O)c1cccc(NCc2nc3ccccc3[nH]2)c1. The number of hydrogen-bond acceptors (Lipinski definition) is 3. The van der Waals surface area contributed by atoms with Gasteiger partial charge in [-0.15, -0.1) is 0 Å². The maximum absolute atomic E-state index is 10.9. The van der Waals surface area contributed by atoms with Gasteiger partial charge in [0.25, 0.3) is 0 Å². The summed E-state index contributed by atoms with van der Waals surface area (Å²) in [6, 6.07) is 14.5. The number of para-hydroxylation sites is 2. The number of fused-ring (bicyclic) bond motifs is 1. The van der Waals surface area contributed by atoms with Crippen LogP contribution in [0.4, 0.5) is 5.69 Å². The average Bonchev–Trinajstić information content (AvgIpc) is 2.88. The van der Waals surface area contributed by atoms with Crippen LogP contribution in [0.5, 0.6) is 0 Å². The van der Waals surface area contributed by atoms with Gasteiger partial charge in [-0.25, -0.2) is 9.78 Å². The standard InChI is InChI=1S/C15H13N3O2/c19-15(20)10-4-3-5-11(8-10)16-9-14-17-12-6-1-2-7-13(12)18-14/h1-8,16H,9H2,(H,17,18)(H,19,20). The van der Waals surface area contributed by atoms with Gasteiger partial charge >= 0.3 is 5.97 Å². The van der Waals surface area contributed by atoms with Crippen LogP contribution in [0.2, 0.25) is 0 Å². The lowest BCUT2D eigenvalue weighted by Crippen LogP contribution is -2.03. The second kappa shape index (κ2) is 5.05. The highest BCUT2D eigenvalue weighted by molar-refractivity contribution is 5.88. The highest BCUT2D eigenvalue weighted by atomic mass is 16.4. The smallest absolute Gasteiger partial charge is 0.335 e. The van der Waals surface area contributed by atoms with E-state index in [9.17, 15) is 4.79 Å². The Morgan fingerprint density at radius 2 is 2.05 bits per heavy atom. The van der Waals surface area contributed by atoms with Gasteiger partial charge in [0.05, 0.1) is 23.1 Å². The number of carboxylic acid groups (broad SMARTS) is 1. The molecule has 0 aliphatic heterocycles. The second-order valence-corrected chi connectivity index (χ2v) is 4.44. The number of nitrogens with one attached hydrogen (secondary N) is 2. The van der Waals surface area contributed by atoms with Crippen LogP contribution in [0.1, 0.15) is 16.2 Å². The Labute approximate surface area is 115 Å². The second-order valence-electron chi connectivity index (χ2n) is 4.44. The molecule has 20 heavy (non-hydrogen) atoms. The van der Waals surface area contributed by atoms with Crippen LogP contribution in [0.15, 0.2) is 48.5 Å². The van der Waals surface area contributed by atoms with Crippen LogP contribution >= 0.6 is 0 Å². The molecule has 100 valence electrons. The number of nitrogens with zero attached hydrogens (tertiary/aromatic N) is 1. The zero-order chi connectivity index (χ0) is 13.9. The van der Waals surface area contributed by atoms with E-state index in [4.69, 9.17) is 5.11 Å². The zero-order valence-corrected chi connectivity index (χ0v) is 10.6. The normalized spacial score (nSPS) is 10.6. The van der Waals surface area contributed by atoms with Crippen molar-refractivity contribution in [3.05, 3.63) is 59.9 Å². The Morgan fingerprint density at radius 3 is 2.85 bits per heavy atom. The van der Waals surface area contributed by atoms with Crippen molar-refractivity contribution in [1.29, 1.82) is 0 Å². The van der Waals surface area contributed by atoms with Crippen molar-refractivity contribution in [2.45, 2.75) is 6.54 Å². The summed E-state index contributed by atoms with van der Waals surface area (Å²) in [7, 11) is 0. The minimum Gasteiger partial charge on any atom is -0.478 e. The predicted octanol–water partition coefficient (Wildman–Crippen LogP) is 2.87. The van der Waals surface area contributed by atoms with E-state index in [1.165, 1.54) is 0 Å². The van der Waals surface area contributed by atoms with Gasteiger partial charge < -0.3 is 15.4 Å². The summed E-state index contributed by atoms with van der Waals surface area (Å²) < 4.78 is 0. The summed E-state index contributed by atoms with van der Waals surface area (Å²) >= 11 is 0. The van der Waals surface area contributed by atoms with E-state index in [-0.39, 0.29) is 5.56 Å². The minimum absolute atomic E-state index is 0.264. The Bertz CT molecular complexity index is 731. The fraction of sp³-hybridized carbons (Fsp3) is 0.0667. The third-order valence-corrected chi connectivity index (χ3v) is 3.01. The average molecular weight is 267 g/mol. The topological polar surface area (TPSA) is 78.0 Å². The highest BCUT2D eigenvalue weighted by Gasteiger charge is 2.04. The van der Waals surface area contributed by atoms with Gasteiger partial charge in [0.1, 0.15) is 5.82 Å². The van der Waals surface area contributed by atoms with Gasteiger partial charge in [-0.1, -0.05) is 18.2 Å². The summed E-state index contributed by atoms with van der Waals surface area (Å²) in [5, 5.41) is 12.1. The van der Waals surface area contributed by atoms with Crippen LogP contribution in [0.3, 0.4) is 0 Å². The number of aromatic nitrogens is 2. The molecule has 0 spiro atoms. The number of anilines is 1. The van der Waals surface area contributed by atoms with E-state index >= 15 is 0 Å². The lowest BCUT2D eigenvalue weighted by molar-refractivity contribution is 0.0697. The number of carboxylic acids is 1. The number of carbonyl (C=O) groups is 1. The fourth-order valence-corrected chi connectivity index (χ4v) is 2.04. The van der Waals surface area contributed by atoms with E-state index < -0.39 is 5.97 Å². The maximum atomic E-state index is 10.9. The molecule has 0 aliphatic carbocycles. The van der Waals surface area contributed by atoms with Crippen molar-refractivity contribution in [3.8, 4) is 0 Å². The van der Waals surface area contributed by atoms with Gasteiger partial charge in [-0.2, -0.15) is 0 Å². The van der Waals surface area contributed by atoms with Crippen LogP contribution in [-0.2, 0) is 6.54 Å². The molecular weight excluding hydrogens is 254 g/mol. The van der Waals surface area contributed by atoms with Crippen molar-refractivity contribution in [2.75, 3.05) is 5.32 Å². The molecule has 5 heteroatoms. The first-order valence-electron chi connectivity index (χ1n) is 6.23. The van der Waals surface area contributed by atoms with Crippen molar-refractivity contribution in [1.82, 2.24) is 9.97 Å². The molecular formula is C15H13N3O2. The van der Waals surface area contributed by atoms with Gasteiger partial charge in [0, 0.05) is 5.69 Å². The Balaban J connectivity index is 1.75. The van der Waals surface area contributed by atoms with Crippen LogP contribution in [0, 0.1) is 0 Å². The quantitative estimate of drug-likeness (QED) is 0.679. The number of benzene rings is 2. The van der Waals surface area contributed by atoms with Gasteiger partial charge in [0.15, 0.2) is 0 Å². The van der Waals surface area contributed by atoms with Crippen molar-refractivity contribution in [2.24, 2.45) is 0 Å². The summed E-state index contributed by atoms with van der Waals surface area (Å²) in [5.41, 5.74) is 2.93. The van der Waals surface area contributed by atoms with Crippen LogP contribution in [0.25, 0.3) is 11.0 Å². The van der Waals surface area contributed by atoms with Gasteiger partial charge in [0.2, 0.25) is 0 Å². The summed E-state index contributed by atoms with van der Waals surface area (Å²) in [6.45, 7) is 0.512. The molecule has 5 nitrogen and oxygen atoms in total. The lowest BCUT2D eigenvalue weighted by Gasteiger charge is -2.05. The molecule has 0 saturated heterocycles. The Morgan fingerprint density at radius 1 is 1.20 bits per heavy atom. The molecule has 3 aromatic rings. The van der Waals surface area contributed by atoms with E-state index in [0.29, 0.717) is 6.54 Å². The van der Waals surface area contributed by atoms with Crippen LogP contribution < -0.4 is 5.32 Å². The van der Waals surface area contributed by atoms with E-state index in [2.05, 4.69) is 15.3 Å². The van der Waals surface area contributed by atoms with Crippen molar-refractivity contribution >= 4 is 22.7 Å². The summed E-state index contributed by atoms with van der Waals surface area (Å²) in [5.74, 6) is -0.121. The molecule has 0 fully saturated rings. The monoisotopic (exact) mass is 267 g/mol. The van der Waals surface area contributed by atoms with E-state index in [0.717, 1.165) is 22.5 Å². The van der Waals surface area contributed by atoms with Crippen molar-refractivity contribution < 1.29 is 9.90 Å². The largest absolute Gasteiger partial charge is 0.478 e. The molecule has 3 rings (SSSR count). The predicted molar refractivity (Wildman–Crippen MR) is 76.8 cm³/mol. The lowest BCUT2D eigenvalue weighted by atomic mass is 10.2. The first kappa shape index (κ1) is 12.2. The fourth-order valence-electron chi connectivity index (χ4n) is 2.04. The molecule has 1 heterocycles. The van der Waals surface area contributed by atoms with E-state index in [1.807, 2.05) is 30.3 Å². The first-order valence-corrected chi connectivity index (χ1v) is 6.23. The molecule has 3 N–H and O–H groups in total. The molecule has 0 saturated carbocycles. The number of aromatic carboxylic acids is 1. The Hall–Kier alpha value is -2.82.